The molecule has 1 unspecified atom stereocenters. The highest BCUT2D eigenvalue weighted by Gasteiger charge is 2.42. The number of ether oxygens (including phenoxy) is 3. The molecule has 0 radical (unpaired) electrons. The average Bonchev–Trinajstić information content (AvgIpc) is 2.69. The van der Waals surface area contributed by atoms with E-state index in [4.69, 9.17) is 14.2 Å². The number of alkyl halides is 1. The minimum atomic E-state index is -1.00. The summed E-state index contributed by atoms with van der Waals surface area (Å²) in [6, 6.07) is 8.90. The fraction of sp³-hybridized carbons (Fsp3) is 0.750. The van der Waals surface area contributed by atoms with E-state index < -0.39 is 5.97 Å². The van der Waals surface area contributed by atoms with Crippen LogP contribution in [-0.4, -0.2) is 31.1 Å². The van der Waals surface area contributed by atoms with E-state index in [0.29, 0.717) is 19.8 Å². The zero-order chi connectivity index (χ0) is 20.7. The number of hydrogen-bond acceptors (Lipinski definition) is 3. The number of rotatable bonds is 17. The molecule has 1 aromatic carbocycles. The van der Waals surface area contributed by atoms with E-state index in [9.17, 15) is 0 Å². The van der Waals surface area contributed by atoms with Crippen molar-refractivity contribution in [3.8, 4) is 0 Å². The number of halogens is 1. The Labute approximate surface area is 181 Å². The van der Waals surface area contributed by atoms with Gasteiger partial charge in [0.2, 0.25) is 0 Å². The molecule has 0 saturated carbocycles. The van der Waals surface area contributed by atoms with Crippen LogP contribution in [0.2, 0.25) is 0 Å². The second-order valence-electron chi connectivity index (χ2n) is 7.19. The lowest BCUT2D eigenvalue weighted by molar-refractivity contribution is -0.389. The lowest BCUT2D eigenvalue weighted by Gasteiger charge is -2.39. The third-order valence-corrected chi connectivity index (χ3v) is 5.47. The van der Waals surface area contributed by atoms with Gasteiger partial charge in [0.05, 0.1) is 5.92 Å². The van der Waals surface area contributed by atoms with Gasteiger partial charge in [0, 0.05) is 25.2 Å². The molecule has 0 fully saturated rings. The molecule has 0 N–H and O–H groups in total. The predicted molar refractivity (Wildman–Crippen MR) is 122 cm³/mol. The predicted octanol–water partition coefficient (Wildman–Crippen LogP) is 7.22. The minimum Gasteiger partial charge on any atom is -0.327 e. The fourth-order valence-electron chi connectivity index (χ4n) is 3.73. The van der Waals surface area contributed by atoms with Gasteiger partial charge in [-0.2, -0.15) is 0 Å². The summed E-state index contributed by atoms with van der Waals surface area (Å²) in [5, 5.41) is 0.980. The summed E-state index contributed by atoms with van der Waals surface area (Å²) in [5.74, 6) is -0.935. The van der Waals surface area contributed by atoms with Gasteiger partial charge in [0.15, 0.2) is 0 Å². The summed E-state index contributed by atoms with van der Waals surface area (Å²) >= 11 is 3.53. The summed E-state index contributed by atoms with van der Waals surface area (Å²) in [4.78, 5) is 0. The minimum absolute atomic E-state index is 0.0662. The summed E-state index contributed by atoms with van der Waals surface area (Å²) in [6.45, 7) is 9.98. The lowest BCUT2D eigenvalue weighted by atomic mass is 9.89. The number of aryl methyl sites for hydroxylation is 1. The van der Waals surface area contributed by atoms with Crippen molar-refractivity contribution in [1.29, 1.82) is 0 Å². The molecule has 0 heterocycles. The van der Waals surface area contributed by atoms with Gasteiger partial charge < -0.3 is 14.2 Å². The quantitative estimate of drug-likeness (QED) is 0.140. The van der Waals surface area contributed by atoms with Gasteiger partial charge in [0.1, 0.15) is 0 Å². The van der Waals surface area contributed by atoms with E-state index >= 15 is 0 Å². The Morgan fingerprint density at radius 1 is 0.786 bits per heavy atom. The molecule has 0 bridgehead atoms. The maximum atomic E-state index is 6.15. The van der Waals surface area contributed by atoms with Gasteiger partial charge in [-0.15, -0.1) is 0 Å². The second kappa shape index (κ2) is 15.4. The van der Waals surface area contributed by atoms with Crippen molar-refractivity contribution in [2.75, 3.05) is 25.2 Å². The molecule has 4 heteroatoms. The van der Waals surface area contributed by atoms with E-state index in [0.717, 1.165) is 24.6 Å². The van der Waals surface area contributed by atoms with Crippen LogP contribution in [0.1, 0.15) is 89.7 Å². The summed E-state index contributed by atoms with van der Waals surface area (Å²) in [7, 11) is 0. The zero-order valence-corrected chi connectivity index (χ0v) is 20.1. The molecular weight excluding hydrogens is 416 g/mol. The molecule has 1 aromatic rings. The number of hydrogen-bond donors (Lipinski definition) is 0. The maximum absolute atomic E-state index is 6.15. The van der Waals surface area contributed by atoms with Crippen LogP contribution in [0.4, 0.5) is 0 Å². The van der Waals surface area contributed by atoms with Crippen LogP contribution in [0.15, 0.2) is 24.3 Å². The Hall–Kier alpha value is -0.420. The Morgan fingerprint density at radius 3 is 1.82 bits per heavy atom. The number of benzene rings is 1. The molecule has 3 nitrogen and oxygen atoms in total. The molecule has 0 spiro atoms. The Bertz CT molecular complexity index is 472. The zero-order valence-electron chi connectivity index (χ0n) is 18.5. The lowest BCUT2D eigenvalue weighted by Crippen LogP contribution is -2.45. The summed E-state index contributed by atoms with van der Waals surface area (Å²) < 4.78 is 18.4. The third-order valence-electron chi connectivity index (χ3n) is 5.07. The molecule has 0 aliphatic carbocycles. The van der Waals surface area contributed by atoms with Crippen molar-refractivity contribution < 1.29 is 14.2 Å². The van der Waals surface area contributed by atoms with E-state index in [2.05, 4.69) is 47.1 Å². The van der Waals surface area contributed by atoms with E-state index in [1.54, 1.807) is 0 Å². The molecule has 0 saturated heterocycles. The molecule has 1 atom stereocenters. The summed E-state index contributed by atoms with van der Waals surface area (Å²) in [5.41, 5.74) is 2.58. The summed E-state index contributed by atoms with van der Waals surface area (Å²) in [6.07, 6.45) is 9.70. The van der Waals surface area contributed by atoms with E-state index in [-0.39, 0.29) is 5.92 Å². The molecule has 1 rings (SSSR count). The molecule has 0 aromatic heterocycles. The SMILES string of the molecule is CCCCCCCCC(c1ccc(CCBr)cc1)C(OCC)(OCC)OCC. The van der Waals surface area contributed by atoms with Gasteiger partial charge in [0.25, 0.3) is 5.97 Å². The van der Waals surface area contributed by atoms with Crippen LogP contribution in [0.25, 0.3) is 0 Å². The normalized spacial score (nSPS) is 13.0. The van der Waals surface area contributed by atoms with Crippen molar-refractivity contribution in [3.63, 3.8) is 0 Å². The third kappa shape index (κ3) is 8.52. The van der Waals surface area contributed by atoms with Crippen LogP contribution < -0.4 is 0 Å². The first-order valence-electron chi connectivity index (χ1n) is 11.2. The van der Waals surface area contributed by atoms with Crippen LogP contribution in [0, 0.1) is 0 Å². The van der Waals surface area contributed by atoms with Crippen molar-refractivity contribution in [3.05, 3.63) is 35.4 Å². The highest BCUT2D eigenvalue weighted by atomic mass is 79.9. The molecule has 0 aliphatic rings. The van der Waals surface area contributed by atoms with E-state index in [1.165, 1.54) is 43.2 Å². The van der Waals surface area contributed by atoms with Gasteiger partial charge in [-0.3, -0.25) is 0 Å². The van der Waals surface area contributed by atoms with Crippen molar-refractivity contribution in [2.45, 2.75) is 91.0 Å². The van der Waals surface area contributed by atoms with Crippen molar-refractivity contribution >= 4 is 15.9 Å². The van der Waals surface area contributed by atoms with Crippen LogP contribution in [-0.2, 0) is 20.6 Å². The van der Waals surface area contributed by atoms with Crippen LogP contribution >= 0.6 is 15.9 Å². The standard InChI is InChI=1S/C24H41BrO3/c1-5-9-10-11-12-13-14-23(22-17-15-21(16-18-22)19-20-25)24(26-6-2,27-7-3)28-8-4/h15-18,23H,5-14,19-20H2,1-4H3. The van der Waals surface area contributed by atoms with Gasteiger partial charge in [-0.05, 0) is 44.7 Å². The molecule has 0 aliphatic heterocycles. The monoisotopic (exact) mass is 456 g/mol. The van der Waals surface area contributed by atoms with Crippen LogP contribution in [0.3, 0.4) is 0 Å². The Kier molecular flexibility index (Phi) is 14.1. The average molecular weight is 457 g/mol. The van der Waals surface area contributed by atoms with E-state index in [1.807, 2.05) is 20.8 Å². The van der Waals surface area contributed by atoms with Gasteiger partial charge >= 0.3 is 0 Å². The highest BCUT2D eigenvalue weighted by Crippen LogP contribution is 2.38. The maximum Gasteiger partial charge on any atom is 0.290 e. The largest absolute Gasteiger partial charge is 0.327 e. The molecule has 28 heavy (non-hydrogen) atoms. The highest BCUT2D eigenvalue weighted by molar-refractivity contribution is 9.09. The first-order chi connectivity index (χ1) is 13.7. The topological polar surface area (TPSA) is 27.7 Å². The smallest absolute Gasteiger partial charge is 0.290 e. The first kappa shape index (κ1) is 25.6. The Balaban J connectivity index is 3.02. The Morgan fingerprint density at radius 2 is 1.32 bits per heavy atom. The van der Waals surface area contributed by atoms with Crippen molar-refractivity contribution in [1.82, 2.24) is 0 Å². The fourth-order valence-corrected chi connectivity index (χ4v) is 4.19. The van der Waals surface area contributed by atoms with Crippen molar-refractivity contribution in [2.24, 2.45) is 0 Å². The molecular formula is C24H41BrO3. The number of unbranched alkanes of at least 4 members (excludes halogenated alkanes) is 5. The van der Waals surface area contributed by atoms with Gasteiger partial charge in [-0.1, -0.05) is 85.6 Å². The molecule has 0 amide bonds. The second-order valence-corrected chi connectivity index (χ2v) is 7.99. The first-order valence-corrected chi connectivity index (χ1v) is 12.4. The van der Waals surface area contributed by atoms with Gasteiger partial charge in [-0.25, -0.2) is 0 Å². The molecule has 162 valence electrons. The van der Waals surface area contributed by atoms with Crippen LogP contribution in [0.5, 0.6) is 0 Å².